The molecule has 5 nitrogen and oxygen atoms in total. The monoisotopic (exact) mass is 325 g/mol. The molecule has 126 valence electrons. The smallest absolute Gasteiger partial charge is 0.226 e. The van der Waals surface area contributed by atoms with Crippen molar-refractivity contribution in [3.8, 4) is 5.75 Å². The van der Waals surface area contributed by atoms with Crippen LogP contribution in [0, 0.1) is 5.92 Å². The molecule has 1 saturated carbocycles. The Bertz CT molecular complexity index is 696. The highest BCUT2D eigenvalue weighted by molar-refractivity contribution is 5.83. The molecule has 0 unspecified atom stereocenters. The van der Waals surface area contributed by atoms with Crippen molar-refractivity contribution in [3.05, 3.63) is 48.3 Å². The first-order valence-electron chi connectivity index (χ1n) is 8.68. The highest BCUT2D eigenvalue weighted by Gasteiger charge is 2.46. The third-order valence-corrected chi connectivity index (χ3v) is 5.26. The summed E-state index contributed by atoms with van der Waals surface area (Å²) in [5.41, 5.74) is 1.25. The fourth-order valence-electron chi connectivity index (χ4n) is 3.79. The van der Waals surface area contributed by atoms with Crippen molar-refractivity contribution >= 4 is 5.91 Å². The van der Waals surface area contributed by atoms with Crippen LogP contribution in [0.5, 0.6) is 5.75 Å². The molecule has 4 rings (SSSR count). The van der Waals surface area contributed by atoms with Crippen LogP contribution in [-0.2, 0) is 4.79 Å². The minimum absolute atomic E-state index is 0.148. The van der Waals surface area contributed by atoms with Gasteiger partial charge >= 0.3 is 0 Å². The number of likely N-dealkylation sites (tertiary alicyclic amines) is 1. The summed E-state index contributed by atoms with van der Waals surface area (Å²) in [6.45, 7) is 1.66. The van der Waals surface area contributed by atoms with Gasteiger partial charge in [-0.2, -0.15) is 5.10 Å². The number of nitrogens with zero attached hydrogens (tertiary/aromatic N) is 3. The fourth-order valence-corrected chi connectivity index (χ4v) is 3.79. The lowest BCUT2D eigenvalue weighted by molar-refractivity contribution is -0.134. The highest BCUT2D eigenvalue weighted by Crippen LogP contribution is 2.49. The van der Waals surface area contributed by atoms with Crippen LogP contribution >= 0.6 is 0 Å². The third kappa shape index (κ3) is 2.90. The summed E-state index contributed by atoms with van der Waals surface area (Å²) >= 11 is 0. The molecular weight excluding hydrogens is 302 g/mol. The summed E-state index contributed by atoms with van der Waals surface area (Å²) in [4.78, 5) is 14.9. The van der Waals surface area contributed by atoms with Gasteiger partial charge < -0.3 is 9.64 Å². The average Bonchev–Trinajstić information content (AvgIpc) is 3.25. The maximum absolute atomic E-state index is 12.9. The highest BCUT2D eigenvalue weighted by atomic mass is 16.5. The lowest BCUT2D eigenvalue weighted by Gasteiger charge is -2.33. The molecule has 0 N–H and O–H groups in total. The van der Waals surface area contributed by atoms with Crippen molar-refractivity contribution in [2.24, 2.45) is 5.92 Å². The van der Waals surface area contributed by atoms with E-state index < -0.39 is 0 Å². The number of piperidine rings is 1. The second kappa shape index (κ2) is 6.30. The summed E-state index contributed by atoms with van der Waals surface area (Å²) in [5, 5.41) is 4.34. The van der Waals surface area contributed by atoms with Crippen LogP contribution < -0.4 is 4.74 Å². The zero-order chi connectivity index (χ0) is 16.5. The lowest BCUT2D eigenvalue weighted by Crippen LogP contribution is -2.41. The molecule has 3 atom stereocenters. The summed E-state index contributed by atoms with van der Waals surface area (Å²) in [7, 11) is 1.67. The normalized spacial score (nSPS) is 26.2. The number of carbonyl (C=O) groups excluding carboxylic acids is 1. The summed E-state index contributed by atoms with van der Waals surface area (Å²) in [6, 6.07) is 10.4. The van der Waals surface area contributed by atoms with Gasteiger partial charge in [-0.05, 0) is 48.9 Å². The maximum atomic E-state index is 12.9. The Morgan fingerprint density at radius 2 is 2.12 bits per heavy atom. The van der Waals surface area contributed by atoms with Gasteiger partial charge in [0.25, 0.3) is 0 Å². The van der Waals surface area contributed by atoms with Gasteiger partial charge in [-0.25, -0.2) is 0 Å². The number of ether oxygens (including phenoxy) is 1. The molecule has 1 aliphatic carbocycles. The van der Waals surface area contributed by atoms with Gasteiger partial charge in [0.15, 0.2) is 0 Å². The predicted octanol–water partition coefficient (Wildman–Crippen LogP) is 2.86. The van der Waals surface area contributed by atoms with E-state index in [0.29, 0.717) is 17.9 Å². The van der Waals surface area contributed by atoms with Crippen molar-refractivity contribution in [2.75, 3.05) is 20.2 Å². The van der Waals surface area contributed by atoms with Crippen molar-refractivity contribution in [1.29, 1.82) is 0 Å². The van der Waals surface area contributed by atoms with E-state index in [1.54, 1.807) is 13.3 Å². The van der Waals surface area contributed by atoms with Crippen LogP contribution in [0.4, 0.5) is 0 Å². The zero-order valence-corrected chi connectivity index (χ0v) is 14.0. The van der Waals surface area contributed by atoms with Crippen LogP contribution in [0.15, 0.2) is 42.7 Å². The van der Waals surface area contributed by atoms with Crippen LogP contribution in [-0.4, -0.2) is 40.8 Å². The summed E-state index contributed by atoms with van der Waals surface area (Å²) < 4.78 is 7.20. The van der Waals surface area contributed by atoms with E-state index in [0.717, 1.165) is 38.1 Å². The van der Waals surface area contributed by atoms with Crippen molar-refractivity contribution < 1.29 is 9.53 Å². The van der Waals surface area contributed by atoms with Gasteiger partial charge in [0.05, 0.1) is 13.2 Å². The SMILES string of the molecule is COc1ccc([C@@H]2C[C@@H]2C(=O)N2CCC[C@H](n3cccn3)C2)cc1. The van der Waals surface area contributed by atoms with E-state index in [2.05, 4.69) is 17.2 Å². The molecule has 0 bridgehead atoms. The molecule has 1 aromatic carbocycles. The second-order valence-electron chi connectivity index (χ2n) is 6.79. The van der Waals surface area contributed by atoms with E-state index >= 15 is 0 Å². The van der Waals surface area contributed by atoms with Crippen LogP contribution in [0.25, 0.3) is 0 Å². The minimum atomic E-state index is 0.148. The quantitative estimate of drug-likeness (QED) is 0.868. The van der Waals surface area contributed by atoms with E-state index in [4.69, 9.17) is 4.74 Å². The van der Waals surface area contributed by atoms with Gasteiger partial charge in [-0.15, -0.1) is 0 Å². The lowest BCUT2D eigenvalue weighted by atomic mass is 10.0. The van der Waals surface area contributed by atoms with Gasteiger partial charge in [0, 0.05) is 31.4 Å². The number of carbonyl (C=O) groups is 1. The number of amides is 1. The van der Waals surface area contributed by atoms with Crippen molar-refractivity contribution in [2.45, 2.75) is 31.2 Å². The molecular formula is C19H23N3O2. The van der Waals surface area contributed by atoms with Gasteiger partial charge in [-0.1, -0.05) is 12.1 Å². The molecule has 1 aliphatic heterocycles. The Hall–Kier alpha value is -2.30. The van der Waals surface area contributed by atoms with Gasteiger partial charge in [-0.3, -0.25) is 9.48 Å². The number of rotatable bonds is 4. The molecule has 5 heteroatoms. The predicted molar refractivity (Wildman–Crippen MR) is 90.9 cm³/mol. The van der Waals surface area contributed by atoms with Crippen LogP contribution in [0.3, 0.4) is 0 Å². The minimum Gasteiger partial charge on any atom is -0.497 e. The first-order valence-corrected chi connectivity index (χ1v) is 8.68. The molecule has 24 heavy (non-hydrogen) atoms. The molecule has 0 spiro atoms. The summed E-state index contributed by atoms with van der Waals surface area (Å²) in [6.07, 6.45) is 6.92. The average molecular weight is 325 g/mol. The Labute approximate surface area is 142 Å². The van der Waals surface area contributed by atoms with Gasteiger partial charge in [0.1, 0.15) is 5.75 Å². The second-order valence-corrected chi connectivity index (χ2v) is 6.79. The topological polar surface area (TPSA) is 47.4 Å². The van der Waals surface area contributed by atoms with Crippen molar-refractivity contribution in [1.82, 2.24) is 14.7 Å². The summed E-state index contributed by atoms with van der Waals surface area (Å²) in [5.74, 6) is 1.69. The number of hydrogen-bond donors (Lipinski definition) is 0. The van der Waals surface area contributed by atoms with Crippen LogP contribution in [0.1, 0.15) is 36.8 Å². The molecule has 2 aromatic rings. The first-order chi connectivity index (χ1) is 11.8. The van der Waals surface area contributed by atoms with Crippen LogP contribution in [0.2, 0.25) is 0 Å². The standard InChI is InChI=1S/C19H23N3O2/c1-24-16-7-5-14(6-8-16)17-12-18(17)19(23)21-10-2-4-15(13-21)22-11-3-9-20-22/h3,5-9,11,15,17-18H,2,4,10,12-13H2,1H3/t15-,17-,18-/m0/s1. The molecule has 0 radical (unpaired) electrons. The van der Waals surface area contributed by atoms with E-state index in [-0.39, 0.29) is 5.92 Å². The van der Waals surface area contributed by atoms with E-state index in [1.807, 2.05) is 34.0 Å². The molecule has 2 heterocycles. The zero-order valence-electron chi connectivity index (χ0n) is 14.0. The van der Waals surface area contributed by atoms with Crippen molar-refractivity contribution in [3.63, 3.8) is 0 Å². The Morgan fingerprint density at radius 3 is 2.83 bits per heavy atom. The molecule has 1 saturated heterocycles. The Kier molecular flexibility index (Phi) is 4.00. The van der Waals surface area contributed by atoms with E-state index in [9.17, 15) is 4.79 Å². The number of benzene rings is 1. The largest absolute Gasteiger partial charge is 0.497 e. The molecule has 2 fully saturated rings. The number of aromatic nitrogens is 2. The number of methoxy groups -OCH3 is 1. The third-order valence-electron chi connectivity index (χ3n) is 5.26. The maximum Gasteiger partial charge on any atom is 0.226 e. The molecule has 2 aliphatic rings. The first kappa shape index (κ1) is 15.2. The number of hydrogen-bond acceptors (Lipinski definition) is 3. The molecule has 1 amide bonds. The molecule has 1 aromatic heterocycles. The van der Waals surface area contributed by atoms with E-state index in [1.165, 1.54) is 5.56 Å². The Balaban J connectivity index is 1.39. The Morgan fingerprint density at radius 1 is 1.29 bits per heavy atom. The van der Waals surface area contributed by atoms with Gasteiger partial charge in [0.2, 0.25) is 5.91 Å². The fraction of sp³-hybridized carbons (Fsp3) is 0.474.